The first-order chi connectivity index (χ1) is 20.7. The van der Waals surface area contributed by atoms with Crippen LogP contribution in [0.4, 0.5) is 14.6 Å². The molecule has 6 rings (SSSR count). The van der Waals surface area contributed by atoms with Crippen molar-refractivity contribution in [3.63, 3.8) is 0 Å². The van der Waals surface area contributed by atoms with E-state index in [0.717, 1.165) is 19.3 Å². The van der Waals surface area contributed by atoms with Crippen molar-refractivity contribution in [2.45, 2.75) is 51.6 Å². The fourth-order valence-corrected chi connectivity index (χ4v) is 5.95. The second-order valence-corrected chi connectivity index (χ2v) is 12.0. The van der Waals surface area contributed by atoms with E-state index in [2.05, 4.69) is 15.0 Å². The number of aromatic nitrogens is 3. The van der Waals surface area contributed by atoms with Crippen LogP contribution in [0.15, 0.2) is 30.5 Å². The van der Waals surface area contributed by atoms with Crippen molar-refractivity contribution in [2.24, 2.45) is 11.1 Å². The summed E-state index contributed by atoms with van der Waals surface area (Å²) in [7, 11) is 1.51. The van der Waals surface area contributed by atoms with Crippen LogP contribution in [-0.2, 0) is 11.2 Å². The van der Waals surface area contributed by atoms with Crippen molar-refractivity contribution in [2.75, 3.05) is 45.0 Å². The number of nitrogens with two attached hydrogens (primary N) is 1. The topological polar surface area (TPSA) is 116 Å². The van der Waals surface area contributed by atoms with E-state index >= 15 is 8.78 Å². The number of aryl methyl sites for hydroxylation is 1. The quantitative estimate of drug-likeness (QED) is 0.241. The summed E-state index contributed by atoms with van der Waals surface area (Å²) in [6.45, 7) is 5.37. The van der Waals surface area contributed by atoms with Gasteiger partial charge in [-0.25, -0.2) is 8.78 Å². The van der Waals surface area contributed by atoms with Crippen molar-refractivity contribution < 1.29 is 28.1 Å². The van der Waals surface area contributed by atoms with Crippen LogP contribution < -0.4 is 20.1 Å². The van der Waals surface area contributed by atoms with Crippen molar-refractivity contribution in [3.8, 4) is 23.0 Å². The van der Waals surface area contributed by atoms with Gasteiger partial charge in [0.05, 0.1) is 17.6 Å². The third-order valence-electron chi connectivity index (χ3n) is 8.61. The average Bonchev–Trinajstić information content (AvgIpc) is 3.79. The number of hydrogen-bond acceptors (Lipinski definition) is 9. The van der Waals surface area contributed by atoms with Gasteiger partial charge in [-0.1, -0.05) is 13.0 Å². The number of anilines is 1. The molecular weight excluding hydrogens is 556 g/mol. The molecule has 2 fully saturated rings. The van der Waals surface area contributed by atoms with Crippen LogP contribution in [0.2, 0.25) is 0 Å². The molecule has 1 aliphatic heterocycles. The average molecular weight is 594 g/mol. The molecule has 43 heavy (non-hydrogen) atoms. The van der Waals surface area contributed by atoms with Gasteiger partial charge in [0.2, 0.25) is 0 Å². The van der Waals surface area contributed by atoms with E-state index in [1.807, 2.05) is 11.8 Å². The maximum Gasteiger partial charge on any atom is 0.319 e. The number of piperidine rings is 1. The van der Waals surface area contributed by atoms with Crippen LogP contribution in [0.5, 0.6) is 11.8 Å². The number of methoxy groups -OCH3 is 1. The molecule has 3 N–H and O–H groups in total. The lowest BCUT2D eigenvalue weighted by molar-refractivity contribution is 0.0447. The highest BCUT2D eigenvalue weighted by molar-refractivity contribution is 6.01. The molecule has 0 bridgehead atoms. The number of fused-ring (bicyclic) bond motifs is 2. The molecule has 1 saturated carbocycles. The number of β-amino-alcohol motifs (C(OH)–C–C–N with tert-alkyl or cyclic N) is 1. The molecule has 3 heterocycles. The van der Waals surface area contributed by atoms with Crippen molar-refractivity contribution in [1.82, 2.24) is 15.0 Å². The smallest absolute Gasteiger partial charge is 0.319 e. The molecule has 2 aliphatic rings. The van der Waals surface area contributed by atoms with E-state index in [0.29, 0.717) is 77.9 Å². The van der Waals surface area contributed by atoms with Gasteiger partial charge in [0.1, 0.15) is 28.6 Å². The summed E-state index contributed by atoms with van der Waals surface area (Å²) in [5.41, 5.74) is 5.78. The molecule has 2 aromatic carbocycles. The van der Waals surface area contributed by atoms with E-state index in [-0.39, 0.29) is 35.2 Å². The second kappa shape index (κ2) is 11.4. The summed E-state index contributed by atoms with van der Waals surface area (Å²) in [5.74, 6) is -0.197. The molecule has 9 nitrogen and oxygen atoms in total. The van der Waals surface area contributed by atoms with Gasteiger partial charge in [0.15, 0.2) is 12.6 Å². The molecular formula is C32H37F2N5O4. The largest absolute Gasteiger partial charge is 0.468 e. The number of pyridine rings is 1. The lowest BCUT2D eigenvalue weighted by Gasteiger charge is -2.37. The Morgan fingerprint density at radius 3 is 2.63 bits per heavy atom. The Labute approximate surface area is 249 Å². The third kappa shape index (κ3) is 5.69. The van der Waals surface area contributed by atoms with Gasteiger partial charge in [-0.05, 0) is 73.6 Å². The molecule has 0 radical (unpaired) electrons. The van der Waals surface area contributed by atoms with E-state index < -0.39 is 11.4 Å². The SMILES string of the molecule is CCc1c(F)ccc2cc(OCOC)cc(-c3ncc4c(N5CCC[C@@](C)(O)C5)nc(OCC5(CN)CC5)nc4c3F)c12. The van der Waals surface area contributed by atoms with Crippen LogP contribution in [0.25, 0.3) is 32.9 Å². The number of ether oxygens (including phenoxy) is 3. The van der Waals surface area contributed by atoms with Gasteiger partial charge in [-0.3, -0.25) is 4.98 Å². The minimum absolute atomic E-state index is 0.00234. The molecule has 2 aromatic heterocycles. The summed E-state index contributed by atoms with van der Waals surface area (Å²) in [4.78, 5) is 15.7. The van der Waals surface area contributed by atoms with E-state index in [1.165, 1.54) is 19.4 Å². The molecule has 1 saturated heterocycles. The zero-order valence-electron chi connectivity index (χ0n) is 24.8. The Balaban J connectivity index is 1.55. The van der Waals surface area contributed by atoms with E-state index in [1.54, 1.807) is 25.1 Å². The van der Waals surface area contributed by atoms with Crippen LogP contribution in [0, 0.1) is 17.0 Å². The highest BCUT2D eigenvalue weighted by Gasteiger charge is 2.42. The molecule has 1 atom stereocenters. The van der Waals surface area contributed by atoms with Gasteiger partial charge < -0.3 is 30.0 Å². The fraction of sp³-hybridized carbons (Fsp3) is 0.469. The third-order valence-corrected chi connectivity index (χ3v) is 8.61. The number of benzene rings is 2. The lowest BCUT2D eigenvalue weighted by atomic mass is 9.94. The summed E-state index contributed by atoms with van der Waals surface area (Å²) in [6.07, 6.45) is 5.23. The first-order valence-electron chi connectivity index (χ1n) is 14.7. The fourth-order valence-electron chi connectivity index (χ4n) is 5.95. The Kier molecular flexibility index (Phi) is 7.82. The van der Waals surface area contributed by atoms with E-state index in [9.17, 15) is 5.11 Å². The van der Waals surface area contributed by atoms with Gasteiger partial charge in [0, 0.05) is 43.9 Å². The highest BCUT2D eigenvalue weighted by Crippen LogP contribution is 2.45. The maximum absolute atomic E-state index is 16.8. The normalized spacial score (nSPS) is 19.7. The Bertz CT molecular complexity index is 1680. The summed E-state index contributed by atoms with van der Waals surface area (Å²) < 4.78 is 48.6. The maximum atomic E-state index is 16.8. The number of rotatable bonds is 10. The monoisotopic (exact) mass is 593 g/mol. The van der Waals surface area contributed by atoms with Crippen LogP contribution in [0.3, 0.4) is 0 Å². The Morgan fingerprint density at radius 2 is 1.93 bits per heavy atom. The van der Waals surface area contributed by atoms with Gasteiger partial charge in [0.25, 0.3) is 0 Å². The number of halogens is 2. The summed E-state index contributed by atoms with van der Waals surface area (Å²) in [5, 5.41) is 12.5. The predicted molar refractivity (Wildman–Crippen MR) is 160 cm³/mol. The van der Waals surface area contributed by atoms with Gasteiger partial charge in [-0.15, -0.1) is 0 Å². The number of nitrogens with zero attached hydrogens (tertiary/aromatic N) is 4. The minimum atomic E-state index is -0.928. The minimum Gasteiger partial charge on any atom is -0.468 e. The zero-order valence-corrected chi connectivity index (χ0v) is 24.8. The molecule has 0 unspecified atom stereocenters. The predicted octanol–water partition coefficient (Wildman–Crippen LogP) is 5.14. The molecule has 11 heteroatoms. The molecule has 4 aromatic rings. The molecule has 0 amide bonds. The molecule has 1 aliphatic carbocycles. The Morgan fingerprint density at radius 1 is 1.12 bits per heavy atom. The van der Waals surface area contributed by atoms with Crippen molar-refractivity contribution in [1.29, 1.82) is 0 Å². The standard InChI is InChI=1S/C32H37F2N5O4/c1-4-21-24(33)7-6-19-12-20(43-18-41-3)13-22(25(19)21)27-26(34)28-23(14-36-27)29(39-11-5-8-31(2,40)16-39)38-30(37-28)42-17-32(15-35)9-10-32/h6-7,12-14,40H,4-5,8-11,15-18,35H2,1-3H3/t31-/m1/s1. The van der Waals surface area contributed by atoms with E-state index in [4.69, 9.17) is 19.9 Å². The lowest BCUT2D eigenvalue weighted by Crippen LogP contribution is -2.46. The Hall–Kier alpha value is -3.67. The highest BCUT2D eigenvalue weighted by atomic mass is 19.1. The van der Waals surface area contributed by atoms with Crippen LogP contribution >= 0.6 is 0 Å². The number of hydrogen-bond donors (Lipinski definition) is 2. The first-order valence-corrected chi connectivity index (χ1v) is 14.7. The summed E-state index contributed by atoms with van der Waals surface area (Å²) >= 11 is 0. The molecule has 228 valence electrons. The number of aliphatic hydroxyl groups is 1. The van der Waals surface area contributed by atoms with Crippen LogP contribution in [-0.4, -0.2) is 65.8 Å². The summed E-state index contributed by atoms with van der Waals surface area (Å²) in [6, 6.07) is 6.50. The molecule has 0 spiro atoms. The van der Waals surface area contributed by atoms with Crippen molar-refractivity contribution >= 4 is 27.5 Å². The zero-order chi connectivity index (χ0) is 30.4. The van der Waals surface area contributed by atoms with Crippen molar-refractivity contribution in [3.05, 3.63) is 47.7 Å². The van der Waals surface area contributed by atoms with Crippen LogP contribution in [0.1, 0.15) is 45.1 Å². The van der Waals surface area contributed by atoms with Gasteiger partial charge >= 0.3 is 6.01 Å². The first kappa shape index (κ1) is 29.4. The second-order valence-electron chi connectivity index (χ2n) is 12.0. The van der Waals surface area contributed by atoms with Gasteiger partial charge in [-0.2, -0.15) is 9.97 Å².